The van der Waals surface area contributed by atoms with E-state index in [2.05, 4.69) is 22.4 Å². The lowest BCUT2D eigenvalue weighted by molar-refractivity contribution is 0.894. The Hall–Kier alpha value is -2.58. The maximum absolute atomic E-state index is 9.87. The second-order valence-electron chi connectivity index (χ2n) is 6.07. The summed E-state index contributed by atoms with van der Waals surface area (Å²) in [5, 5.41) is 29.7. The van der Waals surface area contributed by atoms with Crippen molar-refractivity contribution < 1.29 is 0 Å². The fraction of sp³-hybridized carbons (Fsp3) is 0.150. The molecule has 0 saturated carbocycles. The van der Waals surface area contributed by atoms with E-state index in [0.717, 1.165) is 36.2 Å². The molecule has 1 N–H and O–H groups in total. The third-order valence-corrected chi connectivity index (χ3v) is 7.52. The molecule has 3 aromatic rings. The van der Waals surface area contributed by atoms with Crippen molar-refractivity contribution in [3.05, 3.63) is 60.5 Å². The SMILES string of the molecule is CC1=CSC(/C(C#N)=c2\s/c(=C(/C#N)c3nc(C)cs3)c3ccccc23)N1. The molecule has 1 atom stereocenters. The molecule has 0 bridgehead atoms. The van der Waals surface area contributed by atoms with Crippen LogP contribution in [-0.4, -0.2) is 10.4 Å². The van der Waals surface area contributed by atoms with Crippen molar-refractivity contribution in [1.82, 2.24) is 10.3 Å². The molecule has 0 radical (unpaired) electrons. The molecule has 4 nitrogen and oxygen atoms in total. The quantitative estimate of drug-likeness (QED) is 0.704. The molecule has 7 heteroatoms. The fourth-order valence-electron chi connectivity index (χ4n) is 2.96. The van der Waals surface area contributed by atoms with Crippen LogP contribution >= 0.6 is 34.4 Å². The van der Waals surface area contributed by atoms with Gasteiger partial charge in [0.25, 0.3) is 0 Å². The van der Waals surface area contributed by atoms with E-state index in [-0.39, 0.29) is 5.37 Å². The highest BCUT2D eigenvalue weighted by molar-refractivity contribution is 8.03. The summed E-state index contributed by atoms with van der Waals surface area (Å²) in [5.74, 6) is 0. The Labute approximate surface area is 168 Å². The third-order valence-electron chi connectivity index (χ3n) is 4.16. The molecule has 1 aliphatic rings. The van der Waals surface area contributed by atoms with Crippen molar-refractivity contribution in [2.24, 2.45) is 0 Å². The largest absolute Gasteiger partial charge is 0.372 e. The van der Waals surface area contributed by atoms with Crippen molar-refractivity contribution in [1.29, 1.82) is 10.5 Å². The molecule has 0 spiro atoms. The zero-order valence-electron chi connectivity index (χ0n) is 14.6. The summed E-state index contributed by atoms with van der Waals surface area (Å²) in [4.78, 5) is 4.50. The van der Waals surface area contributed by atoms with Gasteiger partial charge in [-0.15, -0.1) is 34.4 Å². The van der Waals surface area contributed by atoms with Gasteiger partial charge in [-0.1, -0.05) is 24.3 Å². The van der Waals surface area contributed by atoms with Gasteiger partial charge < -0.3 is 5.32 Å². The predicted octanol–water partition coefficient (Wildman–Crippen LogP) is 3.59. The van der Waals surface area contributed by atoms with Crippen LogP contribution in [0.1, 0.15) is 17.6 Å². The number of thiophene rings is 1. The highest BCUT2D eigenvalue weighted by Gasteiger charge is 2.21. The molecule has 4 rings (SSSR count). The van der Waals surface area contributed by atoms with Crippen LogP contribution in [0.5, 0.6) is 0 Å². The van der Waals surface area contributed by atoms with E-state index >= 15 is 0 Å². The van der Waals surface area contributed by atoms with Crippen molar-refractivity contribution in [2.75, 3.05) is 0 Å². The lowest BCUT2D eigenvalue weighted by Crippen LogP contribution is -2.24. The van der Waals surface area contributed by atoms with Crippen molar-refractivity contribution >= 4 is 56.4 Å². The van der Waals surface area contributed by atoms with Gasteiger partial charge in [-0.25, -0.2) is 4.98 Å². The van der Waals surface area contributed by atoms with Gasteiger partial charge in [-0.2, -0.15) is 10.5 Å². The molecule has 3 heterocycles. The van der Waals surface area contributed by atoms with E-state index in [1.165, 1.54) is 22.7 Å². The number of benzene rings is 1. The molecular weight excluding hydrogens is 392 g/mol. The Kier molecular flexibility index (Phi) is 4.75. The molecule has 27 heavy (non-hydrogen) atoms. The first kappa shape index (κ1) is 17.8. The molecule has 1 aromatic carbocycles. The summed E-state index contributed by atoms with van der Waals surface area (Å²) < 4.78 is 1.79. The third kappa shape index (κ3) is 3.15. The van der Waals surface area contributed by atoms with Gasteiger partial charge in [-0.3, -0.25) is 0 Å². The lowest BCUT2D eigenvalue weighted by Gasteiger charge is -2.09. The summed E-state index contributed by atoms with van der Waals surface area (Å²) in [6.45, 7) is 3.92. The van der Waals surface area contributed by atoms with E-state index < -0.39 is 0 Å². The smallest absolute Gasteiger partial charge is 0.135 e. The van der Waals surface area contributed by atoms with Crippen molar-refractivity contribution in [3.8, 4) is 12.1 Å². The van der Waals surface area contributed by atoms with Gasteiger partial charge in [-0.05, 0) is 19.3 Å². The molecule has 0 aliphatic carbocycles. The summed E-state index contributed by atoms with van der Waals surface area (Å²) in [6, 6.07) is 12.7. The molecule has 0 saturated heterocycles. The molecule has 132 valence electrons. The van der Waals surface area contributed by atoms with Crippen molar-refractivity contribution in [2.45, 2.75) is 19.2 Å². The minimum atomic E-state index is -0.0995. The lowest BCUT2D eigenvalue weighted by atomic mass is 10.1. The van der Waals surface area contributed by atoms with E-state index in [1.807, 2.05) is 48.9 Å². The molecular formula is C20H14N4S3. The first-order valence-electron chi connectivity index (χ1n) is 8.20. The number of hydrogen-bond donors (Lipinski definition) is 1. The average molecular weight is 407 g/mol. The number of rotatable bonds is 2. The number of nitrogens with zero attached hydrogens (tertiary/aromatic N) is 3. The Morgan fingerprint density at radius 3 is 2.41 bits per heavy atom. The average Bonchev–Trinajstić information content (AvgIpc) is 3.38. The highest BCUT2D eigenvalue weighted by Crippen LogP contribution is 2.27. The van der Waals surface area contributed by atoms with Crippen LogP contribution in [0.2, 0.25) is 0 Å². The number of fused-ring (bicyclic) bond motifs is 1. The monoisotopic (exact) mass is 406 g/mol. The Bertz CT molecular complexity index is 1280. The first-order chi connectivity index (χ1) is 13.1. The predicted molar refractivity (Wildman–Crippen MR) is 113 cm³/mol. The van der Waals surface area contributed by atoms with Gasteiger partial charge >= 0.3 is 0 Å². The maximum atomic E-state index is 9.87. The number of thiazole rings is 1. The summed E-state index contributed by atoms with van der Waals surface area (Å²) in [6.07, 6.45) is 0. The van der Waals surface area contributed by atoms with Crippen LogP contribution in [0, 0.1) is 29.6 Å². The van der Waals surface area contributed by atoms with Gasteiger partial charge in [0, 0.05) is 27.5 Å². The van der Waals surface area contributed by atoms with Crippen LogP contribution in [0.4, 0.5) is 0 Å². The zero-order valence-corrected chi connectivity index (χ0v) is 17.1. The van der Waals surface area contributed by atoms with Crippen LogP contribution in [-0.2, 0) is 0 Å². The number of nitrogens with one attached hydrogen (secondary N) is 1. The number of aryl methyl sites for hydroxylation is 1. The molecule has 0 fully saturated rings. The standard InChI is InChI=1S/C20H14N4S3/c1-11-9-25-19(23-11)15(7-21)17-13-5-3-4-6-14(13)18(27-17)16(8-22)20-24-12(2)10-26-20/h3-6,9-10,19,23H,1-2H3/b17-15-,18-16-. The summed E-state index contributed by atoms with van der Waals surface area (Å²) in [7, 11) is 0. The van der Waals surface area contributed by atoms with Crippen LogP contribution in [0.15, 0.2) is 40.8 Å². The number of allylic oxidation sites excluding steroid dienone is 1. The number of nitriles is 2. The summed E-state index contributed by atoms with van der Waals surface area (Å²) in [5.41, 5.74) is 3.22. The number of hydrogen-bond acceptors (Lipinski definition) is 7. The molecule has 1 aliphatic heterocycles. The molecule has 2 aromatic heterocycles. The second kappa shape index (κ2) is 7.21. The first-order valence-corrected chi connectivity index (χ1v) is 10.8. The Morgan fingerprint density at radius 2 is 1.85 bits per heavy atom. The van der Waals surface area contributed by atoms with Gasteiger partial charge in [0.05, 0.1) is 20.7 Å². The normalized spacial score (nSPS) is 18.4. The second-order valence-corrected chi connectivity index (χ2v) is 8.93. The minimum absolute atomic E-state index is 0.0995. The zero-order chi connectivity index (χ0) is 19.0. The van der Waals surface area contributed by atoms with E-state index in [9.17, 15) is 10.5 Å². The van der Waals surface area contributed by atoms with E-state index in [1.54, 1.807) is 11.8 Å². The maximum Gasteiger partial charge on any atom is 0.135 e. The highest BCUT2D eigenvalue weighted by atomic mass is 32.2. The van der Waals surface area contributed by atoms with Gasteiger partial charge in [0.1, 0.15) is 22.0 Å². The van der Waals surface area contributed by atoms with Gasteiger partial charge in [0.15, 0.2) is 0 Å². The van der Waals surface area contributed by atoms with E-state index in [0.29, 0.717) is 11.1 Å². The van der Waals surface area contributed by atoms with Gasteiger partial charge in [0.2, 0.25) is 0 Å². The Morgan fingerprint density at radius 1 is 1.11 bits per heavy atom. The minimum Gasteiger partial charge on any atom is -0.372 e. The topological polar surface area (TPSA) is 72.5 Å². The van der Waals surface area contributed by atoms with E-state index in [4.69, 9.17) is 0 Å². The van der Waals surface area contributed by atoms with Crippen LogP contribution in [0.25, 0.3) is 21.9 Å². The molecule has 1 unspecified atom stereocenters. The number of thioether (sulfide) groups is 1. The Balaban J connectivity index is 2.09. The number of aromatic nitrogens is 1. The van der Waals surface area contributed by atoms with Crippen LogP contribution in [0.3, 0.4) is 0 Å². The fourth-order valence-corrected chi connectivity index (χ4v) is 6.16. The van der Waals surface area contributed by atoms with Crippen molar-refractivity contribution in [3.63, 3.8) is 0 Å². The summed E-state index contributed by atoms with van der Waals surface area (Å²) >= 11 is 4.58. The molecule has 0 amide bonds. The van der Waals surface area contributed by atoms with Crippen LogP contribution < -0.4 is 14.4 Å².